The second-order valence-electron chi connectivity index (χ2n) is 7.43. The van der Waals surface area contributed by atoms with Gasteiger partial charge in [-0.3, -0.25) is 9.78 Å². The molecule has 1 N–H and O–H groups in total. The van der Waals surface area contributed by atoms with Gasteiger partial charge in [0.1, 0.15) is 5.75 Å². The Morgan fingerprint density at radius 1 is 1.21 bits per heavy atom. The van der Waals surface area contributed by atoms with Crippen molar-refractivity contribution in [2.24, 2.45) is 10.1 Å². The number of thiazole rings is 1. The Labute approximate surface area is 194 Å². The average molecular weight is 456 g/mol. The van der Waals surface area contributed by atoms with Crippen molar-refractivity contribution < 1.29 is 9.53 Å². The molecule has 3 heterocycles. The highest BCUT2D eigenvalue weighted by molar-refractivity contribution is 7.07. The molecular formula is C25H21N5O2S. The predicted octanol–water partition coefficient (Wildman–Crippen LogP) is 4.62. The van der Waals surface area contributed by atoms with Crippen LogP contribution in [0.4, 0.5) is 11.4 Å². The summed E-state index contributed by atoms with van der Waals surface area (Å²) in [6.45, 7) is 2.16. The monoisotopic (exact) mass is 455 g/mol. The highest BCUT2D eigenvalue weighted by atomic mass is 32.1. The number of benzene rings is 2. The normalized spacial score (nSPS) is 13.6. The Bertz CT molecular complexity index is 1390. The van der Waals surface area contributed by atoms with Crippen LogP contribution in [0.2, 0.25) is 0 Å². The van der Waals surface area contributed by atoms with E-state index in [2.05, 4.69) is 41.5 Å². The Balaban J connectivity index is 1.59. The molecule has 1 aliphatic rings. The van der Waals surface area contributed by atoms with Gasteiger partial charge in [-0.15, -0.1) is 11.3 Å². The molecule has 0 fully saturated rings. The maximum absolute atomic E-state index is 11.8. The minimum atomic E-state index is -0.168. The molecule has 0 saturated heterocycles. The molecule has 1 aliphatic heterocycles. The molecule has 1 amide bonds. The summed E-state index contributed by atoms with van der Waals surface area (Å²) in [5, 5.41) is 9.63. The third kappa shape index (κ3) is 4.61. The average Bonchev–Trinajstić information content (AvgIpc) is 3.25. The number of carbonyl (C=O) groups is 1. The van der Waals surface area contributed by atoms with Crippen molar-refractivity contribution in [3.05, 3.63) is 88.3 Å². The third-order valence-corrected chi connectivity index (χ3v) is 5.99. The minimum Gasteiger partial charge on any atom is -0.482 e. The number of carbonyl (C=O) groups excluding carboxylic acids is 1. The van der Waals surface area contributed by atoms with Crippen LogP contribution in [0.1, 0.15) is 18.1 Å². The SMILES string of the molecule is CCc1ccc(C=Nn2c(-c3ccc4c(c3)NC(=O)CO4)csc2=Nc2cccnc2)cc1. The highest BCUT2D eigenvalue weighted by Crippen LogP contribution is 2.33. The van der Waals surface area contributed by atoms with Crippen molar-refractivity contribution in [1.29, 1.82) is 0 Å². The molecule has 164 valence electrons. The molecule has 0 unspecified atom stereocenters. The molecule has 33 heavy (non-hydrogen) atoms. The van der Waals surface area contributed by atoms with Crippen molar-refractivity contribution in [1.82, 2.24) is 9.66 Å². The van der Waals surface area contributed by atoms with Crippen LogP contribution in [0.25, 0.3) is 11.3 Å². The zero-order chi connectivity index (χ0) is 22.6. The molecule has 0 radical (unpaired) electrons. The summed E-state index contributed by atoms with van der Waals surface area (Å²) in [4.78, 5) is 21.4. The minimum absolute atomic E-state index is 0.0278. The van der Waals surface area contributed by atoms with Gasteiger partial charge < -0.3 is 10.1 Å². The van der Waals surface area contributed by atoms with E-state index in [4.69, 9.17) is 14.8 Å². The number of hydrogen-bond acceptors (Lipinski definition) is 6. The van der Waals surface area contributed by atoms with Crippen LogP contribution in [0.5, 0.6) is 5.75 Å². The summed E-state index contributed by atoms with van der Waals surface area (Å²) in [6.07, 6.45) is 6.24. The van der Waals surface area contributed by atoms with E-state index in [0.29, 0.717) is 16.2 Å². The number of nitrogens with zero attached hydrogens (tertiary/aromatic N) is 4. The number of aryl methyl sites for hydroxylation is 1. The lowest BCUT2D eigenvalue weighted by Gasteiger charge is -2.18. The van der Waals surface area contributed by atoms with E-state index in [9.17, 15) is 4.79 Å². The van der Waals surface area contributed by atoms with Crippen LogP contribution >= 0.6 is 11.3 Å². The molecular weight excluding hydrogens is 434 g/mol. The number of ether oxygens (including phenoxy) is 1. The lowest BCUT2D eigenvalue weighted by atomic mass is 10.1. The van der Waals surface area contributed by atoms with Crippen molar-refractivity contribution >= 4 is 34.8 Å². The Hall–Kier alpha value is -4.04. The molecule has 0 saturated carbocycles. The first-order chi connectivity index (χ1) is 16.2. The number of hydrogen-bond donors (Lipinski definition) is 1. The van der Waals surface area contributed by atoms with E-state index < -0.39 is 0 Å². The summed E-state index contributed by atoms with van der Waals surface area (Å²) >= 11 is 1.48. The number of pyridine rings is 1. The first kappa shape index (κ1) is 20.8. The molecule has 0 spiro atoms. The zero-order valence-corrected chi connectivity index (χ0v) is 18.7. The lowest BCUT2D eigenvalue weighted by molar-refractivity contribution is -0.118. The number of aromatic nitrogens is 2. The van der Waals surface area contributed by atoms with Crippen LogP contribution in [0.3, 0.4) is 0 Å². The van der Waals surface area contributed by atoms with Gasteiger partial charge in [-0.2, -0.15) is 5.10 Å². The number of anilines is 1. The van der Waals surface area contributed by atoms with Crippen LogP contribution in [-0.2, 0) is 11.2 Å². The molecule has 4 aromatic rings. The number of rotatable bonds is 5. The van der Waals surface area contributed by atoms with Gasteiger partial charge in [0.05, 0.1) is 29.5 Å². The number of nitrogens with one attached hydrogen (secondary N) is 1. The fraction of sp³-hybridized carbons (Fsp3) is 0.120. The molecule has 0 aliphatic carbocycles. The van der Waals surface area contributed by atoms with E-state index in [-0.39, 0.29) is 12.5 Å². The molecule has 8 heteroatoms. The van der Waals surface area contributed by atoms with Crippen LogP contribution in [0, 0.1) is 0 Å². The van der Waals surface area contributed by atoms with Gasteiger partial charge in [-0.05, 0) is 47.9 Å². The zero-order valence-electron chi connectivity index (χ0n) is 17.9. The van der Waals surface area contributed by atoms with Gasteiger partial charge in [0, 0.05) is 17.1 Å². The lowest BCUT2D eigenvalue weighted by Crippen LogP contribution is -2.25. The van der Waals surface area contributed by atoms with Gasteiger partial charge in [-0.1, -0.05) is 31.2 Å². The first-order valence-corrected chi connectivity index (χ1v) is 11.4. The van der Waals surface area contributed by atoms with Crippen LogP contribution in [0.15, 0.2) is 82.5 Å². The van der Waals surface area contributed by atoms with Crippen molar-refractivity contribution in [2.45, 2.75) is 13.3 Å². The summed E-state index contributed by atoms with van der Waals surface area (Å²) < 4.78 is 7.30. The molecule has 2 aromatic heterocycles. The van der Waals surface area contributed by atoms with Crippen molar-refractivity contribution in [3.63, 3.8) is 0 Å². The smallest absolute Gasteiger partial charge is 0.262 e. The van der Waals surface area contributed by atoms with Crippen molar-refractivity contribution in [2.75, 3.05) is 11.9 Å². The van der Waals surface area contributed by atoms with E-state index in [1.54, 1.807) is 17.1 Å². The molecule has 7 nitrogen and oxygen atoms in total. The van der Waals surface area contributed by atoms with E-state index in [1.807, 2.05) is 41.9 Å². The van der Waals surface area contributed by atoms with Gasteiger partial charge in [0.15, 0.2) is 6.61 Å². The molecule has 5 rings (SSSR count). The van der Waals surface area contributed by atoms with Crippen molar-refractivity contribution in [3.8, 4) is 17.0 Å². The molecule has 2 aromatic carbocycles. The highest BCUT2D eigenvalue weighted by Gasteiger charge is 2.17. The fourth-order valence-corrected chi connectivity index (χ4v) is 4.28. The van der Waals surface area contributed by atoms with Crippen LogP contribution in [-0.4, -0.2) is 28.4 Å². The fourth-order valence-electron chi connectivity index (χ4n) is 3.42. The number of amides is 1. The quantitative estimate of drug-likeness (QED) is 0.446. The Morgan fingerprint density at radius 3 is 2.88 bits per heavy atom. The van der Waals surface area contributed by atoms with E-state index in [0.717, 1.165) is 28.9 Å². The summed E-state index contributed by atoms with van der Waals surface area (Å²) in [7, 11) is 0. The van der Waals surface area contributed by atoms with Crippen LogP contribution < -0.4 is 14.9 Å². The number of fused-ring (bicyclic) bond motifs is 1. The third-order valence-electron chi connectivity index (χ3n) is 5.17. The Kier molecular flexibility index (Phi) is 5.82. The van der Waals surface area contributed by atoms with Gasteiger partial charge >= 0.3 is 0 Å². The second-order valence-corrected chi connectivity index (χ2v) is 8.26. The summed E-state index contributed by atoms with van der Waals surface area (Å²) in [5.74, 6) is 0.485. The van der Waals surface area contributed by atoms with Gasteiger partial charge in [-0.25, -0.2) is 9.67 Å². The molecule has 0 bridgehead atoms. The van der Waals surface area contributed by atoms with E-state index in [1.165, 1.54) is 16.9 Å². The van der Waals surface area contributed by atoms with E-state index >= 15 is 0 Å². The van der Waals surface area contributed by atoms with Gasteiger partial charge in [0.2, 0.25) is 4.80 Å². The second kappa shape index (κ2) is 9.22. The molecule has 0 atom stereocenters. The Morgan fingerprint density at radius 2 is 2.09 bits per heavy atom. The summed E-state index contributed by atoms with van der Waals surface area (Å²) in [5.41, 5.74) is 5.41. The maximum Gasteiger partial charge on any atom is 0.262 e. The standard InChI is InChI=1S/C25H21N5O2S/c1-2-17-5-7-18(8-6-17)13-27-30-22(16-33-25(30)28-20-4-3-11-26-14-20)19-9-10-23-21(12-19)29-24(31)15-32-23/h3-14,16H,2,15H2,1H3,(H,29,31). The largest absolute Gasteiger partial charge is 0.482 e. The maximum atomic E-state index is 11.8. The topological polar surface area (TPSA) is 80.9 Å². The predicted molar refractivity (Wildman–Crippen MR) is 130 cm³/mol. The first-order valence-electron chi connectivity index (χ1n) is 10.6. The van der Waals surface area contributed by atoms with Gasteiger partial charge in [0.25, 0.3) is 5.91 Å². The summed E-state index contributed by atoms with van der Waals surface area (Å²) in [6, 6.07) is 17.8.